The summed E-state index contributed by atoms with van der Waals surface area (Å²) in [5.41, 5.74) is 4.35. The fraction of sp³-hybridized carbons (Fsp3) is 0.280. The Kier molecular flexibility index (Phi) is 7.64. The zero-order valence-electron chi connectivity index (χ0n) is 18.2. The lowest BCUT2D eigenvalue weighted by atomic mass is 9.98. The van der Waals surface area contributed by atoms with Crippen LogP contribution in [0.2, 0.25) is 10.0 Å². The lowest BCUT2D eigenvalue weighted by Gasteiger charge is -2.11. The molecule has 0 saturated carbocycles. The summed E-state index contributed by atoms with van der Waals surface area (Å²) in [7, 11) is 0. The third-order valence-electron chi connectivity index (χ3n) is 5.01. The number of carboxylic acids is 1. The molecule has 3 rings (SSSR count). The molecule has 7 heteroatoms. The van der Waals surface area contributed by atoms with E-state index in [1.165, 1.54) is 0 Å². The zero-order valence-corrected chi connectivity index (χ0v) is 19.8. The quantitative estimate of drug-likeness (QED) is 0.355. The van der Waals surface area contributed by atoms with Crippen LogP contribution in [0.25, 0.3) is 17.0 Å². The number of oxazole rings is 1. The molecule has 5 nitrogen and oxygen atoms in total. The van der Waals surface area contributed by atoms with Gasteiger partial charge in [-0.2, -0.15) is 0 Å². The molecule has 3 aromatic rings. The van der Waals surface area contributed by atoms with Crippen molar-refractivity contribution in [2.45, 2.75) is 39.5 Å². The van der Waals surface area contributed by atoms with Crippen molar-refractivity contribution in [1.29, 1.82) is 0 Å². The van der Waals surface area contributed by atoms with Crippen LogP contribution in [0, 0.1) is 6.92 Å². The van der Waals surface area contributed by atoms with Gasteiger partial charge < -0.3 is 14.3 Å². The second kappa shape index (κ2) is 10.2. The number of aromatic nitrogens is 1. The molecule has 1 N–H and O–H groups in total. The Morgan fingerprint density at radius 1 is 1.22 bits per heavy atom. The molecule has 0 aliphatic carbocycles. The molecule has 0 saturated heterocycles. The first-order valence-corrected chi connectivity index (χ1v) is 11.0. The number of hydrogen-bond acceptors (Lipinski definition) is 4. The van der Waals surface area contributed by atoms with Crippen LogP contribution in [0.4, 0.5) is 0 Å². The van der Waals surface area contributed by atoms with Gasteiger partial charge in [0.25, 0.3) is 0 Å². The molecular formula is C25H25Cl2NO4. The van der Waals surface area contributed by atoms with Crippen LogP contribution >= 0.6 is 23.2 Å². The Labute approximate surface area is 197 Å². The average Bonchev–Trinajstić information content (AvgIpc) is 3.15. The number of carbonyl (C=O) groups is 1. The van der Waals surface area contributed by atoms with Crippen LogP contribution < -0.4 is 4.74 Å². The number of hydrogen-bond donors (Lipinski definition) is 1. The number of aliphatic carboxylic acids is 1. The molecule has 0 atom stereocenters. The number of ether oxygens (including phenoxy) is 1. The molecule has 0 bridgehead atoms. The molecule has 0 amide bonds. The van der Waals surface area contributed by atoms with Gasteiger partial charge in [0.05, 0.1) is 16.3 Å². The van der Waals surface area contributed by atoms with Crippen molar-refractivity contribution in [2.24, 2.45) is 0 Å². The normalized spacial score (nSPS) is 11.1. The van der Waals surface area contributed by atoms with Gasteiger partial charge >= 0.3 is 5.97 Å². The molecule has 0 fully saturated rings. The first kappa shape index (κ1) is 23.9. The molecule has 0 aliphatic rings. The monoisotopic (exact) mass is 473 g/mol. The van der Waals surface area contributed by atoms with Gasteiger partial charge in [0, 0.05) is 10.9 Å². The van der Waals surface area contributed by atoms with Crippen LogP contribution in [0.1, 0.15) is 48.8 Å². The standard InChI is InChI=1S/C25H25Cl2NO4/c1-14(2)24-21(28-25(32-24)19-8-7-18(26)12-20(19)27)9-5-15(3)17-6-10-22(16(4)11-17)31-13-23(29)30/h6-8,10-12,14H,3,5,9,13H2,1-2,4H3,(H,29,30). The average molecular weight is 474 g/mol. The summed E-state index contributed by atoms with van der Waals surface area (Å²) in [5.74, 6) is 1.01. The van der Waals surface area contributed by atoms with Crippen LogP contribution in [0.15, 0.2) is 47.4 Å². The minimum atomic E-state index is -1.01. The minimum absolute atomic E-state index is 0.165. The molecule has 32 heavy (non-hydrogen) atoms. The summed E-state index contributed by atoms with van der Waals surface area (Å²) in [6.45, 7) is 9.85. The fourth-order valence-electron chi connectivity index (χ4n) is 3.36. The lowest BCUT2D eigenvalue weighted by molar-refractivity contribution is -0.139. The largest absolute Gasteiger partial charge is 0.482 e. The molecule has 0 spiro atoms. The van der Waals surface area contributed by atoms with E-state index in [4.69, 9.17) is 42.4 Å². The van der Waals surface area contributed by atoms with Gasteiger partial charge in [0.1, 0.15) is 11.5 Å². The van der Waals surface area contributed by atoms with Crippen molar-refractivity contribution >= 4 is 34.7 Å². The second-order valence-electron chi connectivity index (χ2n) is 7.88. The van der Waals surface area contributed by atoms with Crippen molar-refractivity contribution in [3.8, 4) is 17.2 Å². The first-order valence-electron chi connectivity index (χ1n) is 10.2. The first-order chi connectivity index (χ1) is 15.2. The van der Waals surface area contributed by atoms with Crippen LogP contribution in [-0.2, 0) is 11.2 Å². The lowest BCUT2D eigenvalue weighted by Crippen LogP contribution is -2.10. The Hall–Kier alpha value is -2.76. The van der Waals surface area contributed by atoms with Crippen molar-refractivity contribution in [2.75, 3.05) is 6.61 Å². The van der Waals surface area contributed by atoms with E-state index in [-0.39, 0.29) is 12.5 Å². The third-order valence-corrected chi connectivity index (χ3v) is 5.56. The molecule has 1 heterocycles. The number of allylic oxidation sites excluding steroid dienone is 1. The van der Waals surface area contributed by atoms with Crippen LogP contribution in [-0.4, -0.2) is 22.7 Å². The molecule has 0 aliphatic heterocycles. The van der Waals surface area contributed by atoms with Crippen LogP contribution in [0.5, 0.6) is 5.75 Å². The van der Waals surface area contributed by atoms with E-state index >= 15 is 0 Å². The fourth-order valence-corrected chi connectivity index (χ4v) is 3.85. The Morgan fingerprint density at radius 3 is 2.59 bits per heavy atom. The number of nitrogens with zero attached hydrogens (tertiary/aromatic N) is 1. The highest BCUT2D eigenvalue weighted by Gasteiger charge is 2.19. The summed E-state index contributed by atoms with van der Waals surface area (Å²) in [6.07, 6.45) is 1.35. The van der Waals surface area contributed by atoms with Gasteiger partial charge in [-0.3, -0.25) is 0 Å². The number of halogens is 2. The summed E-state index contributed by atoms with van der Waals surface area (Å²) < 4.78 is 11.4. The number of aryl methyl sites for hydroxylation is 2. The minimum Gasteiger partial charge on any atom is -0.482 e. The Morgan fingerprint density at radius 2 is 1.97 bits per heavy atom. The predicted molar refractivity (Wildman–Crippen MR) is 128 cm³/mol. The van der Waals surface area contributed by atoms with E-state index in [0.29, 0.717) is 40.1 Å². The number of carboxylic acid groups (broad SMARTS) is 1. The highest BCUT2D eigenvalue weighted by Crippen LogP contribution is 2.34. The summed E-state index contributed by atoms with van der Waals surface area (Å²) >= 11 is 12.3. The van der Waals surface area contributed by atoms with E-state index in [1.54, 1.807) is 24.3 Å². The highest BCUT2D eigenvalue weighted by molar-refractivity contribution is 6.36. The van der Waals surface area contributed by atoms with Gasteiger partial charge in [-0.25, -0.2) is 9.78 Å². The highest BCUT2D eigenvalue weighted by atomic mass is 35.5. The van der Waals surface area contributed by atoms with Crippen molar-refractivity contribution in [3.63, 3.8) is 0 Å². The van der Waals surface area contributed by atoms with Crippen molar-refractivity contribution in [3.05, 3.63) is 75.6 Å². The Bertz CT molecular complexity index is 1150. The SMILES string of the molecule is C=C(CCc1nc(-c2ccc(Cl)cc2Cl)oc1C(C)C)c1ccc(OCC(=O)O)c(C)c1. The third kappa shape index (κ3) is 5.72. The van der Waals surface area contributed by atoms with E-state index in [2.05, 4.69) is 20.4 Å². The van der Waals surface area contributed by atoms with E-state index in [0.717, 1.165) is 28.2 Å². The number of rotatable bonds is 9. The van der Waals surface area contributed by atoms with Gasteiger partial charge in [-0.05, 0) is 66.8 Å². The van der Waals surface area contributed by atoms with E-state index in [1.807, 2.05) is 19.1 Å². The maximum Gasteiger partial charge on any atom is 0.341 e. The zero-order chi connectivity index (χ0) is 23.4. The maximum absolute atomic E-state index is 10.7. The molecule has 0 unspecified atom stereocenters. The van der Waals surface area contributed by atoms with Crippen LogP contribution in [0.3, 0.4) is 0 Å². The van der Waals surface area contributed by atoms with E-state index in [9.17, 15) is 4.79 Å². The molecule has 1 aromatic heterocycles. The topological polar surface area (TPSA) is 72.6 Å². The summed E-state index contributed by atoms with van der Waals surface area (Å²) in [4.78, 5) is 15.4. The number of benzene rings is 2. The summed E-state index contributed by atoms with van der Waals surface area (Å²) in [5, 5.41) is 9.83. The smallest absolute Gasteiger partial charge is 0.341 e. The molecule has 168 valence electrons. The van der Waals surface area contributed by atoms with Gasteiger partial charge in [0.2, 0.25) is 5.89 Å². The Balaban J connectivity index is 1.76. The predicted octanol–water partition coefficient (Wildman–Crippen LogP) is 7.19. The van der Waals surface area contributed by atoms with Gasteiger partial charge in [-0.1, -0.05) is 49.7 Å². The molecule has 2 aromatic carbocycles. The van der Waals surface area contributed by atoms with Gasteiger partial charge in [0.15, 0.2) is 6.61 Å². The van der Waals surface area contributed by atoms with Crippen molar-refractivity contribution < 1.29 is 19.1 Å². The molecule has 0 radical (unpaired) electrons. The second-order valence-corrected chi connectivity index (χ2v) is 8.72. The van der Waals surface area contributed by atoms with Gasteiger partial charge in [-0.15, -0.1) is 0 Å². The van der Waals surface area contributed by atoms with E-state index < -0.39 is 5.97 Å². The summed E-state index contributed by atoms with van der Waals surface area (Å²) in [6, 6.07) is 10.8. The van der Waals surface area contributed by atoms with Crippen molar-refractivity contribution in [1.82, 2.24) is 4.98 Å². The molecular weight excluding hydrogens is 449 g/mol. The maximum atomic E-state index is 10.7.